The van der Waals surface area contributed by atoms with Crippen molar-refractivity contribution >= 4 is 33.9 Å². The maximum Gasteiger partial charge on any atom is 0.319 e. The fraction of sp³-hybridized carbons (Fsp3) is 0.353. The van der Waals surface area contributed by atoms with Gasteiger partial charge in [0.05, 0.1) is 13.7 Å². The maximum atomic E-state index is 11.4. The predicted molar refractivity (Wildman–Crippen MR) is 90.0 cm³/mol. The molecular weight excluding hydrogens is 308 g/mol. The minimum atomic E-state index is -0.204. The topological polar surface area (TPSA) is 71.7 Å². The van der Waals surface area contributed by atoms with Gasteiger partial charge in [-0.1, -0.05) is 12.1 Å². The van der Waals surface area contributed by atoms with Gasteiger partial charge < -0.3 is 14.1 Å². The summed E-state index contributed by atoms with van der Waals surface area (Å²) >= 11 is 0. The maximum absolute atomic E-state index is 11.4. The predicted octanol–water partition coefficient (Wildman–Crippen LogP) is 1.67. The average Bonchev–Trinajstić information content (AvgIpc) is 3.01. The number of para-hydroxylation sites is 1. The highest BCUT2D eigenvalue weighted by Gasteiger charge is 2.23. The van der Waals surface area contributed by atoms with Gasteiger partial charge in [0.15, 0.2) is 11.4 Å². The molecule has 0 atom stereocenters. The Balaban J connectivity index is 1.60. The molecule has 3 aromatic rings. The number of anilines is 1. The van der Waals surface area contributed by atoms with Crippen LogP contribution in [-0.2, 0) is 9.53 Å². The molecule has 1 aromatic carbocycles. The zero-order valence-corrected chi connectivity index (χ0v) is 13.4. The van der Waals surface area contributed by atoms with Crippen molar-refractivity contribution in [2.45, 2.75) is 0 Å². The van der Waals surface area contributed by atoms with E-state index in [1.807, 2.05) is 24.3 Å². The van der Waals surface area contributed by atoms with Crippen LogP contribution in [0.2, 0.25) is 0 Å². The van der Waals surface area contributed by atoms with Crippen LogP contribution in [0, 0.1) is 0 Å². The number of rotatable bonds is 3. The monoisotopic (exact) mass is 326 g/mol. The number of carbonyl (C=O) groups excluding carboxylic acids is 1. The molecule has 0 aliphatic carbocycles. The summed E-state index contributed by atoms with van der Waals surface area (Å²) in [6, 6.07) is 7.87. The number of benzene rings is 1. The molecule has 7 nitrogen and oxygen atoms in total. The molecular formula is C17H18N4O3. The van der Waals surface area contributed by atoms with Gasteiger partial charge in [0.1, 0.15) is 17.4 Å². The zero-order chi connectivity index (χ0) is 16.5. The van der Waals surface area contributed by atoms with Gasteiger partial charge in [-0.2, -0.15) is 0 Å². The number of carbonyl (C=O) groups is 1. The van der Waals surface area contributed by atoms with E-state index in [9.17, 15) is 4.79 Å². The van der Waals surface area contributed by atoms with Gasteiger partial charge in [0, 0.05) is 31.6 Å². The van der Waals surface area contributed by atoms with Crippen molar-refractivity contribution in [3.8, 4) is 0 Å². The van der Waals surface area contributed by atoms with E-state index in [2.05, 4.69) is 19.8 Å². The number of nitrogens with zero attached hydrogens (tertiary/aromatic N) is 4. The molecule has 24 heavy (non-hydrogen) atoms. The highest BCUT2D eigenvalue weighted by molar-refractivity contribution is 6.05. The van der Waals surface area contributed by atoms with Crippen LogP contribution < -0.4 is 4.90 Å². The number of hydrogen-bond acceptors (Lipinski definition) is 7. The largest absolute Gasteiger partial charge is 0.468 e. The number of aromatic nitrogens is 2. The second-order valence-electron chi connectivity index (χ2n) is 5.81. The standard InChI is InChI=1S/C17H18N4O3/c1-23-14(22)10-20-6-8-21(9-7-20)17-16-15(18-11-19-17)12-4-2-3-5-13(12)24-16/h2-5,11H,6-10H2,1H3. The normalized spacial score (nSPS) is 16.0. The molecule has 1 fully saturated rings. The van der Waals surface area contributed by atoms with Crippen LogP contribution in [0.1, 0.15) is 0 Å². The Morgan fingerprint density at radius 2 is 2.00 bits per heavy atom. The first-order valence-electron chi connectivity index (χ1n) is 7.92. The molecule has 0 bridgehead atoms. The first-order valence-corrected chi connectivity index (χ1v) is 7.92. The molecule has 0 N–H and O–H groups in total. The summed E-state index contributed by atoms with van der Waals surface area (Å²) in [5, 5.41) is 1.00. The number of piperazine rings is 1. The van der Waals surface area contributed by atoms with Gasteiger partial charge in [0.25, 0.3) is 0 Å². The van der Waals surface area contributed by atoms with Crippen molar-refractivity contribution in [1.82, 2.24) is 14.9 Å². The molecule has 3 heterocycles. The number of methoxy groups -OCH3 is 1. The van der Waals surface area contributed by atoms with Crippen LogP contribution in [-0.4, -0.2) is 60.7 Å². The summed E-state index contributed by atoms with van der Waals surface area (Å²) in [7, 11) is 1.41. The highest BCUT2D eigenvalue weighted by atomic mass is 16.5. The smallest absolute Gasteiger partial charge is 0.319 e. The lowest BCUT2D eigenvalue weighted by molar-refractivity contribution is -0.142. The highest BCUT2D eigenvalue weighted by Crippen LogP contribution is 2.32. The minimum absolute atomic E-state index is 0.204. The van der Waals surface area contributed by atoms with E-state index >= 15 is 0 Å². The second-order valence-corrected chi connectivity index (χ2v) is 5.81. The molecule has 1 saturated heterocycles. The van der Waals surface area contributed by atoms with E-state index in [-0.39, 0.29) is 5.97 Å². The Kier molecular flexibility index (Phi) is 3.78. The number of ether oxygens (including phenoxy) is 1. The third kappa shape index (κ3) is 2.56. The Labute approximate surface area is 138 Å². The molecule has 0 radical (unpaired) electrons. The summed E-state index contributed by atoms with van der Waals surface area (Å²) in [4.78, 5) is 24.5. The van der Waals surface area contributed by atoms with Gasteiger partial charge in [-0.15, -0.1) is 0 Å². The van der Waals surface area contributed by atoms with Crippen molar-refractivity contribution in [3.05, 3.63) is 30.6 Å². The Morgan fingerprint density at radius 1 is 1.21 bits per heavy atom. The molecule has 0 spiro atoms. The average molecular weight is 326 g/mol. The Morgan fingerprint density at radius 3 is 2.79 bits per heavy atom. The molecule has 1 aliphatic heterocycles. The first kappa shape index (κ1) is 14.9. The van der Waals surface area contributed by atoms with E-state index in [0.717, 1.165) is 54.1 Å². The summed E-state index contributed by atoms with van der Waals surface area (Å²) in [6.45, 7) is 3.44. The molecule has 0 amide bonds. The SMILES string of the molecule is COC(=O)CN1CCN(c2ncnc3c2oc2ccccc23)CC1. The van der Waals surface area contributed by atoms with E-state index in [0.29, 0.717) is 6.54 Å². The third-order valence-electron chi connectivity index (χ3n) is 4.39. The van der Waals surface area contributed by atoms with Gasteiger partial charge in [0.2, 0.25) is 0 Å². The van der Waals surface area contributed by atoms with E-state index in [1.54, 1.807) is 6.33 Å². The third-order valence-corrected chi connectivity index (χ3v) is 4.39. The quantitative estimate of drug-likeness (QED) is 0.678. The van der Waals surface area contributed by atoms with Crippen molar-refractivity contribution < 1.29 is 13.9 Å². The number of hydrogen-bond donors (Lipinski definition) is 0. The summed E-state index contributed by atoms with van der Waals surface area (Å²) in [5.41, 5.74) is 2.38. The van der Waals surface area contributed by atoms with Crippen LogP contribution in [0.5, 0.6) is 0 Å². The van der Waals surface area contributed by atoms with Gasteiger partial charge >= 0.3 is 5.97 Å². The minimum Gasteiger partial charge on any atom is -0.468 e. The summed E-state index contributed by atoms with van der Waals surface area (Å²) in [6.07, 6.45) is 1.58. The van der Waals surface area contributed by atoms with Gasteiger partial charge in [-0.05, 0) is 12.1 Å². The summed E-state index contributed by atoms with van der Waals surface area (Å²) in [5.74, 6) is 0.610. The molecule has 7 heteroatoms. The lowest BCUT2D eigenvalue weighted by Gasteiger charge is -2.34. The Bertz CT molecular complexity index is 884. The van der Waals surface area contributed by atoms with E-state index < -0.39 is 0 Å². The molecule has 0 saturated carbocycles. The zero-order valence-electron chi connectivity index (χ0n) is 13.4. The number of furan rings is 1. The van der Waals surface area contributed by atoms with E-state index in [1.165, 1.54) is 7.11 Å². The van der Waals surface area contributed by atoms with Gasteiger partial charge in [-0.3, -0.25) is 9.69 Å². The van der Waals surface area contributed by atoms with Crippen LogP contribution in [0.25, 0.3) is 22.1 Å². The van der Waals surface area contributed by atoms with Crippen molar-refractivity contribution in [1.29, 1.82) is 0 Å². The molecule has 4 rings (SSSR count). The van der Waals surface area contributed by atoms with Crippen molar-refractivity contribution in [2.75, 3.05) is 44.7 Å². The van der Waals surface area contributed by atoms with Gasteiger partial charge in [-0.25, -0.2) is 9.97 Å². The molecule has 1 aliphatic rings. The summed E-state index contributed by atoms with van der Waals surface area (Å²) < 4.78 is 10.7. The van der Waals surface area contributed by atoms with Crippen molar-refractivity contribution in [3.63, 3.8) is 0 Å². The number of fused-ring (bicyclic) bond motifs is 3. The molecule has 124 valence electrons. The molecule has 0 unspecified atom stereocenters. The lowest BCUT2D eigenvalue weighted by Crippen LogP contribution is -2.48. The van der Waals surface area contributed by atoms with E-state index in [4.69, 9.17) is 9.15 Å². The first-order chi connectivity index (χ1) is 11.8. The lowest BCUT2D eigenvalue weighted by atomic mass is 10.2. The van der Waals surface area contributed by atoms with Crippen LogP contribution >= 0.6 is 0 Å². The van der Waals surface area contributed by atoms with Crippen LogP contribution in [0.3, 0.4) is 0 Å². The Hall–Kier alpha value is -2.67. The second kappa shape index (κ2) is 6.09. The van der Waals surface area contributed by atoms with Crippen LogP contribution in [0.15, 0.2) is 35.0 Å². The fourth-order valence-electron chi connectivity index (χ4n) is 3.10. The molecule has 2 aromatic heterocycles. The number of esters is 1. The van der Waals surface area contributed by atoms with Crippen molar-refractivity contribution in [2.24, 2.45) is 0 Å². The fourth-order valence-corrected chi connectivity index (χ4v) is 3.10. The van der Waals surface area contributed by atoms with Crippen LogP contribution in [0.4, 0.5) is 5.82 Å².